The highest BCUT2D eigenvalue weighted by atomic mass is 16.6. The second kappa shape index (κ2) is 15.0. The van der Waals surface area contributed by atoms with E-state index in [0.29, 0.717) is 0 Å². The van der Waals surface area contributed by atoms with Crippen LogP contribution in [0.3, 0.4) is 0 Å². The number of benzene rings is 1. The highest BCUT2D eigenvalue weighted by Crippen LogP contribution is 2.64. The van der Waals surface area contributed by atoms with Gasteiger partial charge < -0.3 is 44.3 Å². The van der Waals surface area contributed by atoms with Crippen molar-refractivity contribution in [2.24, 2.45) is 16.7 Å². The zero-order valence-electron chi connectivity index (χ0n) is 32.7. The fourth-order valence-electron chi connectivity index (χ4n) is 9.49. The van der Waals surface area contributed by atoms with E-state index in [2.05, 4.69) is 10.3 Å². The minimum Gasteiger partial charge on any atom is -0.456 e. The molecule has 1 saturated heterocycles. The van der Waals surface area contributed by atoms with E-state index in [0.717, 1.165) is 13.8 Å². The van der Waals surface area contributed by atoms with Gasteiger partial charge in [0.05, 0.1) is 35.6 Å². The quantitative estimate of drug-likeness (QED) is 0.161. The molecule has 1 amide bonds. The molecule has 3 aliphatic carbocycles. The minimum atomic E-state index is -2.38. The van der Waals surface area contributed by atoms with Crippen molar-refractivity contribution in [1.82, 2.24) is 10.3 Å². The highest BCUT2D eigenvalue weighted by Gasteiger charge is 2.78. The van der Waals surface area contributed by atoms with Crippen molar-refractivity contribution in [1.29, 1.82) is 0 Å². The predicted octanol–water partition coefficient (Wildman–Crippen LogP) is 1.84. The molecule has 4 aliphatic rings. The molecular weight excluding hydrogens is 744 g/mol. The average Bonchev–Trinajstić information content (AvgIpc) is 3.15. The van der Waals surface area contributed by atoms with Crippen molar-refractivity contribution in [3.8, 4) is 0 Å². The fourth-order valence-corrected chi connectivity index (χ4v) is 9.49. The van der Waals surface area contributed by atoms with E-state index in [9.17, 15) is 39.3 Å². The number of nitrogens with zero attached hydrogens (tertiary/aromatic N) is 1. The summed E-state index contributed by atoms with van der Waals surface area (Å²) in [6.07, 6.45) is -7.62. The first-order chi connectivity index (χ1) is 26.7. The Bertz CT molecular complexity index is 1990. The highest BCUT2D eigenvalue weighted by molar-refractivity contribution is 5.95. The number of pyridine rings is 1. The van der Waals surface area contributed by atoms with Crippen LogP contribution in [0.15, 0.2) is 66.0 Å². The third-order valence-corrected chi connectivity index (χ3v) is 12.4. The molecule has 16 nitrogen and oxygen atoms in total. The molecule has 306 valence electrons. The van der Waals surface area contributed by atoms with E-state index in [1.54, 1.807) is 38.1 Å². The van der Waals surface area contributed by atoms with Crippen molar-refractivity contribution >= 4 is 35.6 Å². The fraction of sp³-hybridized carbons (Fsp3) is 0.537. The Hall–Kier alpha value is -5.03. The molecule has 2 bridgehead atoms. The summed E-state index contributed by atoms with van der Waals surface area (Å²) in [5, 5.41) is 39.5. The SMILES string of the molecule is CC(=O)NC(c1cccnc1)C(O)C(=O)OC1CC2(O)C(OC(=O)c3ccccc3)C3C4(OC(C)=O)COC4CC(O)[C@@]3(C)C(=O)C(OC(C)=O)C(=C1C)C2(C)C. The zero-order valence-corrected chi connectivity index (χ0v) is 32.7. The molecule has 1 aromatic carbocycles. The summed E-state index contributed by atoms with van der Waals surface area (Å²) in [5.41, 5.74) is -7.32. The van der Waals surface area contributed by atoms with Crippen LogP contribution < -0.4 is 5.32 Å². The molecule has 2 saturated carbocycles. The standard InChI is InChI=1S/C41H48N2O14/c1-20-26(55-37(51)31(48)30(43-21(2)44)25-14-11-15-42-18-25)17-41(52)35(56-36(50)24-12-9-8-10-13-24)33-39(7,27(47)16-28-40(33,19-53-28)57-23(4)46)34(49)32(54-22(3)45)29(20)38(41,5)6/h8-15,18,26-28,30-33,35,47-48,52H,16-17,19H2,1-7H3,(H,43,44)/t26?,27?,28?,30?,31?,32?,33?,35?,39-,40?,41?/m1/s1. The molecule has 6 rings (SSSR count). The van der Waals surface area contributed by atoms with Crippen molar-refractivity contribution in [2.75, 3.05) is 6.61 Å². The molecule has 0 radical (unpaired) electrons. The molecule has 3 fully saturated rings. The number of hydrogen-bond acceptors (Lipinski definition) is 15. The van der Waals surface area contributed by atoms with Crippen LogP contribution in [0.4, 0.5) is 0 Å². The number of aliphatic hydroxyl groups excluding tert-OH is 2. The van der Waals surface area contributed by atoms with Gasteiger partial charge in [0, 0.05) is 51.4 Å². The Kier molecular flexibility index (Phi) is 11.0. The third-order valence-electron chi connectivity index (χ3n) is 12.4. The van der Waals surface area contributed by atoms with Gasteiger partial charge in [-0.3, -0.25) is 24.2 Å². The predicted molar refractivity (Wildman–Crippen MR) is 195 cm³/mol. The number of ketones is 1. The second-order valence-electron chi connectivity index (χ2n) is 16.1. The van der Waals surface area contributed by atoms with Gasteiger partial charge in [-0.15, -0.1) is 0 Å². The number of carbonyl (C=O) groups excluding carboxylic acids is 6. The summed E-state index contributed by atoms with van der Waals surface area (Å²) in [6.45, 7) is 9.12. The summed E-state index contributed by atoms with van der Waals surface area (Å²) >= 11 is 0. The van der Waals surface area contributed by atoms with Gasteiger partial charge in [0.25, 0.3) is 0 Å². The lowest BCUT2D eigenvalue weighted by Gasteiger charge is -2.67. The zero-order chi connectivity index (χ0) is 41.8. The number of aliphatic hydroxyl groups is 3. The lowest BCUT2D eigenvalue weighted by molar-refractivity contribution is -0.346. The summed E-state index contributed by atoms with van der Waals surface area (Å²) in [7, 11) is 0. The van der Waals surface area contributed by atoms with Crippen LogP contribution in [0.5, 0.6) is 0 Å². The number of nitrogens with one attached hydrogen (secondary N) is 1. The number of hydrogen-bond donors (Lipinski definition) is 4. The van der Waals surface area contributed by atoms with E-state index in [-0.39, 0.29) is 35.3 Å². The molecule has 16 heteroatoms. The molecule has 10 unspecified atom stereocenters. The Morgan fingerprint density at radius 3 is 2.21 bits per heavy atom. The number of esters is 4. The maximum atomic E-state index is 15.4. The smallest absolute Gasteiger partial charge is 0.338 e. The van der Waals surface area contributed by atoms with Gasteiger partial charge in [-0.25, -0.2) is 9.59 Å². The average molecular weight is 793 g/mol. The van der Waals surface area contributed by atoms with Gasteiger partial charge in [-0.1, -0.05) is 38.1 Å². The first-order valence-electron chi connectivity index (χ1n) is 18.7. The molecule has 2 aromatic rings. The largest absolute Gasteiger partial charge is 0.456 e. The Morgan fingerprint density at radius 2 is 1.65 bits per heavy atom. The number of aromatic nitrogens is 1. The lowest BCUT2D eigenvalue weighted by Crippen LogP contribution is -2.82. The van der Waals surface area contributed by atoms with Gasteiger partial charge in [0.15, 0.2) is 23.6 Å². The van der Waals surface area contributed by atoms with Crippen LogP contribution in [0.1, 0.15) is 83.3 Å². The summed E-state index contributed by atoms with van der Waals surface area (Å²) in [5.74, 6) is -6.82. The first-order valence-corrected chi connectivity index (χ1v) is 18.7. The topological polar surface area (TPSA) is 234 Å². The number of carbonyl (C=O) groups is 6. The summed E-state index contributed by atoms with van der Waals surface area (Å²) < 4.78 is 30.0. The van der Waals surface area contributed by atoms with Crippen LogP contribution in [-0.2, 0) is 47.7 Å². The number of rotatable bonds is 9. The molecule has 11 atom stereocenters. The second-order valence-corrected chi connectivity index (χ2v) is 16.1. The van der Waals surface area contributed by atoms with E-state index in [1.807, 2.05) is 0 Å². The Labute approximate surface area is 328 Å². The number of fused-ring (bicyclic) bond motifs is 5. The van der Waals surface area contributed by atoms with E-state index >= 15 is 4.79 Å². The molecule has 1 aliphatic heterocycles. The van der Waals surface area contributed by atoms with E-state index in [1.165, 1.54) is 51.4 Å². The Morgan fingerprint density at radius 1 is 0.965 bits per heavy atom. The molecular formula is C41H48N2O14. The van der Waals surface area contributed by atoms with Crippen molar-refractivity contribution in [3.05, 3.63) is 77.1 Å². The number of amides is 1. The van der Waals surface area contributed by atoms with Crippen LogP contribution >= 0.6 is 0 Å². The maximum absolute atomic E-state index is 15.4. The Balaban J connectivity index is 1.57. The van der Waals surface area contributed by atoms with Gasteiger partial charge in [0.1, 0.15) is 23.9 Å². The van der Waals surface area contributed by atoms with Crippen molar-refractivity contribution in [2.45, 2.75) is 115 Å². The summed E-state index contributed by atoms with van der Waals surface area (Å²) in [4.78, 5) is 85.5. The van der Waals surface area contributed by atoms with Crippen LogP contribution in [0.25, 0.3) is 0 Å². The maximum Gasteiger partial charge on any atom is 0.338 e. The van der Waals surface area contributed by atoms with E-state index < -0.39 is 113 Å². The number of Topliss-reactive ketones (excluding diaryl/α,β-unsaturated/α-hetero) is 1. The molecule has 57 heavy (non-hydrogen) atoms. The molecule has 4 N–H and O–H groups in total. The lowest BCUT2D eigenvalue weighted by atomic mass is 9.44. The van der Waals surface area contributed by atoms with E-state index in [4.69, 9.17) is 23.7 Å². The van der Waals surface area contributed by atoms with Gasteiger partial charge in [0.2, 0.25) is 5.91 Å². The minimum absolute atomic E-state index is 0.00411. The van der Waals surface area contributed by atoms with Gasteiger partial charge >= 0.3 is 23.9 Å². The normalized spacial score (nSPS) is 33.7. The van der Waals surface area contributed by atoms with Crippen molar-refractivity contribution in [3.63, 3.8) is 0 Å². The van der Waals surface area contributed by atoms with Crippen LogP contribution in [-0.4, -0.2) is 110 Å². The third kappa shape index (κ3) is 6.81. The molecule has 2 heterocycles. The summed E-state index contributed by atoms with van der Waals surface area (Å²) in [6, 6.07) is 9.58. The van der Waals surface area contributed by atoms with Crippen molar-refractivity contribution < 1.29 is 67.8 Å². The molecule has 0 spiro atoms. The monoisotopic (exact) mass is 792 g/mol. The molecule has 1 aromatic heterocycles. The first kappa shape index (κ1) is 41.6. The van der Waals surface area contributed by atoms with Gasteiger partial charge in [-0.05, 0) is 48.8 Å². The number of ether oxygens (including phenoxy) is 5. The van der Waals surface area contributed by atoms with Gasteiger partial charge in [-0.2, -0.15) is 0 Å². The van der Waals surface area contributed by atoms with Crippen LogP contribution in [0, 0.1) is 16.7 Å². The van der Waals surface area contributed by atoms with Crippen LogP contribution in [0.2, 0.25) is 0 Å².